The zero-order valence-electron chi connectivity index (χ0n) is 23.9. The lowest BCUT2D eigenvalue weighted by Gasteiger charge is -2.17. The van der Waals surface area contributed by atoms with E-state index in [1.165, 1.54) is 6.07 Å². The van der Waals surface area contributed by atoms with Crippen molar-refractivity contribution in [3.05, 3.63) is 82.2 Å². The molecule has 1 amide bonds. The zero-order valence-corrected chi connectivity index (χ0v) is 23.9. The Morgan fingerprint density at radius 3 is 2.21 bits per heavy atom. The van der Waals surface area contributed by atoms with Crippen molar-refractivity contribution in [2.24, 2.45) is 0 Å². The summed E-state index contributed by atoms with van der Waals surface area (Å²) in [6.45, 7) is 5.65. The first-order valence-corrected chi connectivity index (χ1v) is 13.7. The van der Waals surface area contributed by atoms with Gasteiger partial charge < -0.3 is 18.6 Å². The van der Waals surface area contributed by atoms with E-state index in [0.717, 1.165) is 44.8 Å². The van der Waals surface area contributed by atoms with Crippen molar-refractivity contribution in [3.8, 4) is 40.1 Å². The SMILES string of the molecule is Cc1c(-c2nc3c(o2)CN(C(=O)CCN(C)C)C3)cccc1-c1cccc(-c2nc3cc(C=O)cc(C#N)c3o2)c1C. The maximum atomic E-state index is 12.6. The third kappa shape index (κ3) is 4.76. The van der Waals surface area contributed by atoms with Gasteiger partial charge in [-0.25, -0.2) is 9.97 Å². The quantitative estimate of drug-likeness (QED) is 0.226. The highest BCUT2D eigenvalue weighted by Gasteiger charge is 2.29. The molecule has 2 aromatic heterocycles. The number of hydrogen-bond acceptors (Lipinski definition) is 8. The van der Waals surface area contributed by atoms with Gasteiger partial charge in [0, 0.05) is 29.7 Å². The Hall–Kier alpha value is -5.07. The first-order valence-electron chi connectivity index (χ1n) is 13.7. The first-order chi connectivity index (χ1) is 20.3. The number of aldehydes is 1. The molecule has 42 heavy (non-hydrogen) atoms. The average molecular weight is 560 g/mol. The van der Waals surface area contributed by atoms with Crippen LogP contribution in [0.3, 0.4) is 0 Å². The molecule has 0 unspecified atom stereocenters. The molecule has 0 saturated carbocycles. The summed E-state index contributed by atoms with van der Waals surface area (Å²) in [5.41, 5.74) is 7.93. The van der Waals surface area contributed by atoms with Gasteiger partial charge in [0.2, 0.25) is 17.7 Å². The highest BCUT2D eigenvalue weighted by atomic mass is 16.4. The van der Waals surface area contributed by atoms with Gasteiger partial charge in [-0.05, 0) is 74.5 Å². The van der Waals surface area contributed by atoms with Gasteiger partial charge in [-0.3, -0.25) is 9.59 Å². The molecule has 0 aliphatic carbocycles. The molecular weight excluding hydrogens is 530 g/mol. The summed E-state index contributed by atoms with van der Waals surface area (Å²) < 4.78 is 12.2. The molecule has 0 fully saturated rings. The number of carbonyl (C=O) groups excluding carboxylic acids is 2. The van der Waals surface area contributed by atoms with E-state index in [0.29, 0.717) is 60.8 Å². The van der Waals surface area contributed by atoms with E-state index in [4.69, 9.17) is 13.8 Å². The maximum absolute atomic E-state index is 12.6. The van der Waals surface area contributed by atoms with Crippen LogP contribution in [0.15, 0.2) is 57.4 Å². The van der Waals surface area contributed by atoms with Gasteiger partial charge >= 0.3 is 0 Å². The third-order valence-electron chi connectivity index (χ3n) is 7.77. The Kier molecular flexibility index (Phi) is 6.93. The Bertz CT molecular complexity index is 1890. The van der Waals surface area contributed by atoms with Crippen LogP contribution in [0.4, 0.5) is 0 Å². The molecule has 3 aromatic carbocycles. The summed E-state index contributed by atoms with van der Waals surface area (Å²) >= 11 is 0. The highest BCUT2D eigenvalue weighted by Crippen LogP contribution is 2.38. The van der Waals surface area contributed by atoms with Crippen LogP contribution >= 0.6 is 0 Å². The van der Waals surface area contributed by atoms with Crippen molar-refractivity contribution in [1.29, 1.82) is 5.26 Å². The van der Waals surface area contributed by atoms with Gasteiger partial charge in [-0.15, -0.1) is 0 Å². The molecule has 9 heteroatoms. The van der Waals surface area contributed by atoms with Gasteiger partial charge in [0.1, 0.15) is 29.3 Å². The standard InChI is InChI=1S/C33H29N5O4/c1-19-23(7-5-9-25(19)32-36-28-16-38(17-29(28)41-32)30(40)11-12-37(3)4)24-8-6-10-26(20(24)2)33-35-27-14-21(18-39)13-22(15-34)31(27)42-33/h5-10,13-14,18H,11-12,16-17H2,1-4H3. The number of oxazole rings is 2. The summed E-state index contributed by atoms with van der Waals surface area (Å²) in [7, 11) is 3.91. The van der Waals surface area contributed by atoms with Crippen LogP contribution in [0.5, 0.6) is 0 Å². The maximum Gasteiger partial charge on any atom is 0.227 e. The second-order valence-electron chi connectivity index (χ2n) is 10.8. The molecule has 0 spiro atoms. The van der Waals surface area contributed by atoms with Crippen LogP contribution in [0, 0.1) is 25.2 Å². The van der Waals surface area contributed by atoms with E-state index in [1.54, 1.807) is 11.0 Å². The van der Waals surface area contributed by atoms with Crippen LogP contribution in [0.2, 0.25) is 0 Å². The number of carbonyl (C=O) groups is 2. The van der Waals surface area contributed by atoms with Crippen molar-refractivity contribution in [2.75, 3.05) is 20.6 Å². The fraction of sp³-hybridized carbons (Fsp3) is 0.242. The van der Waals surface area contributed by atoms with Crippen molar-refractivity contribution >= 4 is 23.3 Å². The van der Waals surface area contributed by atoms with Gasteiger partial charge in [-0.1, -0.05) is 24.3 Å². The normalized spacial score (nSPS) is 12.6. The molecule has 0 bridgehead atoms. The summed E-state index contributed by atoms with van der Waals surface area (Å²) in [6.07, 6.45) is 1.16. The van der Waals surface area contributed by atoms with Crippen LogP contribution in [0.1, 0.15) is 44.9 Å². The Labute approximate surface area is 243 Å². The van der Waals surface area contributed by atoms with E-state index >= 15 is 0 Å². The molecule has 1 aliphatic rings. The molecule has 210 valence electrons. The number of fused-ring (bicyclic) bond motifs is 2. The topological polar surface area (TPSA) is 116 Å². The van der Waals surface area contributed by atoms with E-state index in [9.17, 15) is 14.9 Å². The minimum absolute atomic E-state index is 0.0963. The number of hydrogen-bond donors (Lipinski definition) is 0. The minimum Gasteiger partial charge on any atom is -0.439 e. The van der Waals surface area contributed by atoms with Crippen molar-refractivity contribution in [1.82, 2.24) is 19.8 Å². The van der Waals surface area contributed by atoms with Gasteiger partial charge in [0.15, 0.2) is 5.58 Å². The summed E-state index contributed by atoms with van der Waals surface area (Å²) in [6, 6.07) is 17.2. The van der Waals surface area contributed by atoms with Crippen molar-refractivity contribution < 1.29 is 18.4 Å². The molecule has 6 rings (SSSR count). The second kappa shape index (κ2) is 10.7. The molecule has 0 radical (unpaired) electrons. The molecule has 5 aromatic rings. The molecule has 0 atom stereocenters. The van der Waals surface area contributed by atoms with Crippen LogP contribution in [0.25, 0.3) is 45.1 Å². The molecule has 0 N–H and O–H groups in total. The van der Waals surface area contributed by atoms with Crippen molar-refractivity contribution in [2.45, 2.75) is 33.4 Å². The largest absolute Gasteiger partial charge is 0.439 e. The average Bonchev–Trinajstić information content (AvgIpc) is 3.69. The van der Waals surface area contributed by atoms with Crippen LogP contribution in [-0.2, 0) is 17.9 Å². The van der Waals surface area contributed by atoms with Gasteiger partial charge in [-0.2, -0.15) is 5.26 Å². The lowest BCUT2D eigenvalue weighted by Crippen LogP contribution is -2.28. The first kappa shape index (κ1) is 27.1. The van der Waals surface area contributed by atoms with Crippen molar-refractivity contribution in [3.63, 3.8) is 0 Å². The summed E-state index contributed by atoms with van der Waals surface area (Å²) in [5.74, 6) is 1.75. The second-order valence-corrected chi connectivity index (χ2v) is 10.8. The van der Waals surface area contributed by atoms with Gasteiger partial charge in [0.05, 0.1) is 18.7 Å². The Morgan fingerprint density at radius 1 is 0.976 bits per heavy atom. The smallest absolute Gasteiger partial charge is 0.227 e. The number of nitriles is 1. The highest BCUT2D eigenvalue weighted by molar-refractivity contribution is 5.90. The number of aromatic nitrogens is 2. The summed E-state index contributed by atoms with van der Waals surface area (Å²) in [5, 5.41) is 9.56. The number of rotatable bonds is 7. The Balaban J connectivity index is 1.32. The molecule has 1 aliphatic heterocycles. The predicted octanol–water partition coefficient (Wildman–Crippen LogP) is 5.91. The lowest BCUT2D eigenvalue weighted by atomic mass is 9.91. The van der Waals surface area contributed by atoms with E-state index in [-0.39, 0.29) is 11.5 Å². The molecular formula is C33H29N5O4. The third-order valence-corrected chi connectivity index (χ3v) is 7.77. The number of amides is 1. The lowest BCUT2D eigenvalue weighted by molar-refractivity contribution is -0.132. The van der Waals surface area contributed by atoms with E-state index < -0.39 is 0 Å². The zero-order chi connectivity index (χ0) is 29.5. The van der Waals surface area contributed by atoms with Gasteiger partial charge in [0.25, 0.3) is 0 Å². The molecule has 0 saturated heterocycles. The molecule has 3 heterocycles. The fourth-order valence-corrected chi connectivity index (χ4v) is 5.45. The number of nitrogens with zero attached hydrogens (tertiary/aromatic N) is 5. The van der Waals surface area contributed by atoms with Crippen LogP contribution in [-0.4, -0.2) is 52.6 Å². The van der Waals surface area contributed by atoms with E-state index in [1.807, 2.05) is 63.2 Å². The monoisotopic (exact) mass is 559 g/mol. The summed E-state index contributed by atoms with van der Waals surface area (Å²) in [4.78, 5) is 37.1. The molecule has 9 nitrogen and oxygen atoms in total. The predicted molar refractivity (Wildman–Crippen MR) is 157 cm³/mol. The fourth-order valence-electron chi connectivity index (χ4n) is 5.45. The van der Waals surface area contributed by atoms with Crippen LogP contribution < -0.4 is 0 Å². The minimum atomic E-state index is 0.0963. The number of benzene rings is 3. The Morgan fingerprint density at radius 2 is 1.62 bits per heavy atom. The van der Waals surface area contributed by atoms with E-state index in [2.05, 4.69) is 17.1 Å².